The van der Waals surface area contributed by atoms with Gasteiger partial charge in [0.15, 0.2) is 0 Å². The van der Waals surface area contributed by atoms with E-state index < -0.39 is 6.10 Å². The van der Waals surface area contributed by atoms with Gasteiger partial charge in [-0.25, -0.2) is 0 Å². The van der Waals surface area contributed by atoms with Gasteiger partial charge in [-0.1, -0.05) is 31.5 Å². The molecule has 100 valence electrons. The van der Waals surface area contributed by atoms with Gasteiger partial charge in [0, 0.05) is 18.7 Å². The van der Waals surface area contributed by atoms with Gasteiger partial charge in [-0.3, -0.25) is 4.79 Å². The van der Waals surface area contributed by atoms with Crippen molar-refractivity contribution in [3.8, 4) is 0 Å². The SMILES string of the molecule is CCCCN(C(=O)CCC(C)O)c1ccccc1. The molecule has 1 rings (SSSR count). The second-order valence-electron chi connectivity index (χ2n) is 4.62. The summed E-state index contributed by atoms with van der Waals surface area (Å²) in [6, 6.07) is 9.74. The number of anilines is 1. The molecule has 0 radical (unpaired) electrons. The summed E-state index contributed by atoms with van der Waals surface area (Å²) < 4.78 is 0. The molecule has 1 amide bonds. The predicted octanol–water partition coefficient (Wildman–Crippen LogP) is 2.98. The van der Waals surface area contributed by atoms with E-state index in [1.165, 1.54) is 0 Å². The van der Waals surface area contributed by atoms with Crippen LogP contribution < -0.4 is 4.90 Å². The zero-order valence-electron chi connectivity index (χ0n) is 11.3. The lowest BCUT2D eigenvalue weighted by Crippen LogP contribution is -2.32. The largest absolute Gasteiger partial charge is 0.393 e. The molecule has 0 aliphatic rings. The minimum absolute atomic E-state index is 0.0931. The van der Waals surface area contributed by atoms with Crippen molar-refractivity contribution in [1.82, 2.24) is 0 Å². The second-order valence-corrected chi connectivity index (χ2v) is 4.62. The quantitative estimate of drug-likeness (QED) is 0.807. The Morgan fingerprint density at radius 2 is 2.00 bits per heavy atom. The first kappa shape index (κ1) is 14.7. The molecule has 1 N–H and O–H groups in total. The van der Waals surface area contributed by atoms with Crippen LogP contribution in [0.3, 0.4) is 0 Å². The van der Waals surface area contributed by atoms with E-state index in [1.54, 1.807) is 6.92 Å². The molecule has 0 aliphatic carbocycles. The average Bonchev–Trinajstić information content (AvgIpc) is 2.38. The van der Waals surface area contributed by atoms with Crippen LogP contribution in [0, 0.1) is 0 Å². The molecule has 0 saturated heterocycles. The molecule has 1 aromatic carbocycles. The molecule has 1 atom stereocenters. The fourth-order valence-electron chi connectivity index (χ4n) is 1.79. The predicted molar refractivity (Wildman–Crippen MR) is 74.6 cm³/mol. The van der Waals surface area contributed by atoms with E-state index in [4.69, 9.17) is 0 Å². The van der Waals surface area contributed by atoms with Gasteiger partial charge in [0.05, 0.1) is 6.10 Å². The number of hydrogen-bond donors (Lipinski definition) is 1. The second kappa shape index (κ2) is 7.88. The highest BCUT2D eigenvalue weighted by Gasteiger charge is 2.15. The molecular formula is C15H23NO2. The molecular weight excluding hydrogens is 226 g/mol. The maximum atomic E-state index is 12.2. The van der Waals surface area contributed by atoms with Crippen LogP contribution in [0.2, 0.25) is 0 Å². The van der Waals surface area contributed by atoms with Crippen molar-refractivity contribution in [3.05, 3.63) is 30.3 Å². The van der Waals surface area contributed by atoms with Crippen molar-refractivity contribution in [3.63, 3.8) is 0 Å². The molecule has 1 unspecified atom stereocenters. The highest BCUT2D eigenvalue weighted by molar-refractivity contribution is 5.93. The number of rotatable bonds is 7. The maximum absolute atomic E-state index is 12.2. The molecule has 0 bridgehead atoms. The van der Waals surface area contributed by atoms with Crippen molar-refractivity contribution in [2.75, 3.05) is 11.4 Å². The first-order chi connectivity index (χ1) is 8.65. The van der Waals surface area contributed by atoms with Gasteiger partial charge in [0.25, 0.3) is 0 Å². The number of aliphatic hydroxyl groups is 1. The summed E-state index contributed by atoms with van der Waals surface area (Å²) in [5.41, 5.74) is 0.946. The number of carbonyl (C=O) groups is 1. The third kappa shape index (κ3) is 4.88. The van der Waals surface area contributed by atoms with E-state index in [1.807, 2.05) is 35.2 Å². The van der Waals surface area contributed by atoms with Gasteiger partial charge in [-0.2, -0.15) is 0 Å². The third-order valence-electron chi connectivity index (χ3n) is 2.88. The molecule has 0 spiro atoms. The number of aliphatic hydroxyl groups excluding tert-OH is 1. The lowest BCUT2D eigenvalue weighted by molar-refractivity contribution is -0.119. The molecule has 3 nitrogen and oxygen atoms in total. The summed E-state index contributed by atoms with van der Waals surface area (Å²) in [7, 11) is 0. The fourth-order valence-corrected chi connectivity index (χ4v) is 1.79. The Kier molecular flexibility index (Phi) is 6.44. The fraction of sp³-hybridized carbons (Fsp3) is 0.533. The lowest BCUT2D eigenvalue weighted by atomic mass is 10.1. The summed E-state index contributed by atoms with van der Waals surface area (Å²) in [5, 5.41) is 9.26. The molecule has 0 saturated carbocycles. The van der Waals surface area contributed by atoms with Crippen molar-refractivity contribution in [2.24, 2.45) is 0 Å². The van der Waals surface area contributed by atoms with Gasteiger partial charge in [-0.05, 0) is 31.9 Å². The minimum Gasteiger partial charge on any atom is -0.393 e. The van der Waals surface area contributed by atoms with E-state index in [9.17, 15) is 9.90 Å². The number of benzene rings is 1. The lowest BCUT2D eigenvalue weighted by Gasteiger charge is -2.23. The van der Waals surface area contributed by atoms with Crippen LogP contribution in [0.1, 0.15) is 39.5 Å². The number of amides is 1. The smallest absolute Gasteiger partial charge is 0.227 e. The van der Waals surface area contributed by atoms with Gasteiger partial charge >= 0.3 is 0 Å². The van der Waals surface area contributed by atoms with Crippen molar-refractivity contribution < 1.29 is 9.90 Å². The van der Waals surface area contributed by atoms with Crippen LogP contribution in [0.4, 0.5) is 5.69 Å². The van der Waals surface area contributed by atoms with Crippen LogP contribution >= 0.6 is 0 Å². The normalized spacial score (nSPS) is 12.2. The van der Waals surface area contributed by atoms with E-state index in [0.717, 1.165) is 25.1 Å². The van der Waals surface area contributed by atoms with Crippen LogP contribution in [0.5, 0.6) is 0 Å². The van der Waals surface area contributed by atoms with Crippen molar-refractivity contribution in [2.45, 2.75) is 45.6 Å². The summed E-state index contributed by atoms with van der Waals surface area (Å²) >= 11 is 0. The average molecular weight is 249 g/mol. The summed E-state index contributed by atoms with van der Waals surface area (Å²) in [4.78, 5) is 14.0. The molecule has 18 heavy (non-hydrogen) atoms. The van der Waals surface area contributed by atoms with Crippen molar-refractivity contribution >= 4 is 11.6 Å². The highest BCUT2D eigenvalue weighted by Crippen LogP contribution is 2.16. The summed E-state index contributed by atoms with van der Waals surface area (Å²) in [6.07, 6.45) is 2.56. The number of unbranched alkanes of at least 4 members (excludes halogenated alkanes) is 1. The van der Waals surface area contributed by atoms with Gasteiger partial charge < -0.3 is 10.0 Å². The van der Waals surface area contributed by atoms with E-state index in [2.05, 4.69) is 6.92 Å². The number of para-hydroxylation sites is 1. The molecule has 0 heterocycles. The number of nitrogens with zero attached hydrogens (tertiary/aromatic N) is 1. The topological polar surface area (TPSA) is 40.5 Å². The Bertz CT molecular complexity index is 349. The zero-order valence-corrected chi connectivity index (χ0v) is 11.3. The van der Waals surface area contributed by atoms with Crippen LogP contribution in [0.25, 0.3) is 0 Å². The molecule has 0 aromatic heterocycles. The van der Waals surface area contributed by atoms with Crippen LogP contribution in [-0.4, -0.2) is 23.7 Å². The Labute approximate surface area is 109 Å². The molecule has 0 aliphatic heterocycles. The minimum atomic E-state index is -0.419. The maximum Gasteiger partial charge on any atom is 0.227 e. The standard InChI is InChI=1S/C15H23NO2/c1-3-4-12-16(14-8-6-5-7-9-14)15(18)11-10-13(2)17/h5-9,13,17H,3-4,10-12H2,1-2H3. The zero-order chi connectivity index (χ0) is 13.4. The highest BCUT2D eigenvalue weighted by atomic mass is 16.3. The monoisotopic (exact) mass is 249 g/mol. The summed E-state index contributed by atoms with van der Waals surface area (Å²) in [6.45, 7) is 4.58. The van der Waals surface area contributed by atoms with Gasteiger partial charge in [0.2, 0.25) is 5.91 Å². The van der Waals surface area contributed by atoms with Gasteiger partial charge in [0.1, 0.15) is 0 Å². The van der Waals surface area contributed by atoms with E-state index >= 15 is 0 Å². The van der Waals surface area contributed by atoms with Crippen LogP contribution in [0.15, 0.2) is 30.3 Å². The van der Waals surface area contributed by atoms with Crippen LogP contribution in [-0.2, 0) is 4.79 Å². The van der Waals surface area contributed by atoms with Gasteiger partial charge in [-0.15, -0.1) is 0 Å². The Hall–Kier alpha value is -1.35. The number of carbonyl (C=O) groups excluding carboxylic acids is 1. The van der Waals surface area contributed by atoms with E-state index in [0.29, 0.717) is 12.8 Å². The number of hydrogen-bond acceptors (Lipinski definition) is 2. The third-order valence-corrected chi connectivity index (χ3v) is 2.88. The Morgan fingerprint density at radius 1 is 1.33 bits per heavy atom. The summed E-state index contributed by atoms with van der Waals surface area (Å²) in [5.74, 6) is 0.0931. The Balaban J connectivity index is 2.69. The Morgan fingerprint density at radius 3 is 2.56 bits per heavy atom. The molecule has 1 aromatic rings. The molecule has 0 fully saturated rings. The van der Waals surface area contributed by atoms with E-state index in [-0.39, 0.29) is 5.91 Å². The molecule has 3 heteroatoms. The first-order valence-corrected chi connectivity index (χ1v) is 6.68. The first-order valence-electron chi connectivity index (χ1n) is 6.68. The van der Waals surface area contributed by atoms with Crippen molar-refractivity contribution in [1.29, 1.82) is 0 Å².